The molecule has 112 valence electrons. The normalized spacial score (nSPS) is 12.2. The predicted octanol–water partition coefficient (Wildman–Crippen LogP) is 6.37. The number of furan rings is 1. The molecule has 6 aromatic rings. The molecule has 0 saturated carbocycles. The summed E-state index contributed by atoms with van der Waals surface area (Å²) in [5.74, 6) is 0. The molecule has 2 nitrogen and oxygen atoms in total. The van der Waals surface area contributed by atoms with Crippen molar-refractivity contribution >= 4 is 54.5 Å². The van der Waals surface area contributed by atoms with Crippen LogP contribution in [0, 0.1) is 0 Å². The third-order valence-corrected chi connectivity index (χ3v) is 5.01. The van der Waals surface area contributed by atoms with Crippen LogP contribution >= 0.6 is 0 Å². The quantitative estimate of drug-likeness (QED) is 0.347. The number of rotatable bonds is 0. The van der Waals surface area contributed by atoms with Crippen LogP contribution in [-0.4, -0.2) is 4.98 Å². The SMILES string of the molecule is c1ccc2c(c1)ccc1c3ccc4c5ccccc5[nH]c4c3oc21. The molecule has 6 rings (SSSR count). The number of hydrogen-bond acceptors (Lipinski definition) is 1. The Morgan fingerprint density at radius 3 is 2.21 bits per heavy atom. The van der Waals surface area contributed by atoms with Crippen LogP contribution < -0.4 is 0 Å². The summed E-state index contributed by atoms with van der Waals surface area (Å²) in [4.78, 5) is 3.54. The van der Waals surface area contributed by atoms with Gasteiger partial charge in [0.05, 0.1) is 5.52 Å². The lowest BCUT2D eigenvalue weighted by molar-refractivity contribution is 0.675. The van der Waals surface area contributed by atoms with Gasteiger partial charge in [0.1, 0.15) is 5.58 Å². The monoisotopic (exact) mass is 307 g/mol. The van der Waals surface area contributed by atoms with Gasteiger partial charge < -0.3 is 9.40 Å². The lowest BCUT2D eigenvalue weighted by atomic mass is 10.1. The summed E-state index contributed by atoms with van der Waals surface area (Å²) in [7, 11) is 0. The van der Waals surface area contributed by atoms with Gasteiger partial charge in [0, 0.05) is 32.4 Å². The van der Waals surface area contributed by atoms with Crippen molar-refractivity contribution in [3.05, 3.63) is 72.8 Å². The van der Waals surface area contributed by atoms with Crippen LogP contribution in [0.5, 0.6) is 0 Å². The molecule has 2 heterocycles. The van der Waals surface area contributed by atoms with Crippen LogP contribution in [0.2, 0.25) is 0 Å². The number of aromatic amines is 1. The Balaban J connectivity index is 1.89. The number of para-hydroxylation sites is 1. The molecule has 24 heavy (non-hydrogen) atoms. The van der Waals surface area contributed by atoms with E-state index < -0.39 is 0 Å². The molecule has 0 atom stereocenters. The number of benzene rings is 4. The van der Waals surface area contributed by atoms with Crippen molar-refractivity contribution in [1.29, 1.82) is 0 Å². The van der Waals surface area contributed by atoms with Gasteiger partial charge >= 0.3 is 0 Å². The highest BCUT2D eigenvalue weighted by Gasteiger charge is 2.14. The van der Waals surface area contributed by atoms with Gasteiger partial charge in [-0.15, -0.1) is 0 Å². The first-order valence-electron chi connectivity index (χ1n) is 8.13. The molecule has 0 saturated heterocycles. The summed E-state index contributed by atoms with van der Waals surface area (Å²) < 4.78 is 6.38. The maximum atomic E-state index is 6.38. The van der Waals surface area contributed by atoms with E-state index in [-0.39, 0.29) is 0 Å². The van der Waals surface area contributed by atoms with Crippen molar-refractivity contribution in [3.63, 3.8) is 0 Å². The second-order valence-corrected chi connectivity index (χ2v) is 6.30. The topological polar surface area (TPSA) is 28.9 Å². The van der Waals surface area contributed by atoms with Gasteiger partial charge in [-0.05, 0) is 23.6 Å². The van der Waals surface area contributed by atoms with Gasteiger partial charge in [-0.25, -0.2) is 0 Å². The number of fused-ring (bicyclic) bond motifs is 9. The van der Waals surface area contributed by atoms with E-state index in [2.05, 4.69) is 77.8 Å². The van der Waals surface area contributed by atoms with Gasteiger partial charge in [0.2, 0.25) is 0 Å². The fraction of sp³-hybridized carbons (Fsp3) is 0. The van der Waals surface area contributed by atoms with Crippen LogP contribution in [0.15, 0.2) is 77.2 Å². The molecule has 1 N–H and O–H groups in total. The predicted molar refractivity (Wildman–Crippen MR) is 101 cm³/mol. The molecule has 4 aromatic carbocycles. The summed E-state index contributed by atoms with van der Waals surface area (Å²) in [6, 6.07) is 25.5. The number of nitrogens with one attached hydrogen (secondary N) is 1. The Morgan fingerprint density at radius 2 is 1.25 bits per heavy atom. The van der Waals surface area contributed by atoms with Crippen LogP contribution in [0.3, 0.4) is 0 Å². The van der Waals surface area contributed by atoms with E-state index in [9.17, 15) is 0 Å². The Kier molecular flexibility index (Phi) is 2.12. The fourth-order valence-electron chi connectivity index (χ4n) is 3.88. The smallest absolute Gasteiger partial charge is 0.159 e. The van der Waals surface area contributed by atoms with Gasteiger partial charge in [-0.1, -0.05) is 54.6 Å². The zero-order chi connectivity index (χ0) is 15.7. The van der Waals surface area contributed by atoms with E-state index in [1.165, 1.54) is 21.5 Å². The van der Waals surface area contributed by atoms with Gasteiger partial charge in [-0.3, -0.25) is 0 Å². The Hall–Kier alpha value is -3.26. The van der Waals surface area contributed by atoms with Crippen molar-refractivity contribution in [2.45, 2.75) is 0 Å². The highest BCUT2D eigenvalue weighted by molar-refractivity contribution is 6.23. The third-order valence-electron chi connectivity index (χ3n) is 5.01. The van der Waals surface area contributed by atoms with Crippen LogP contribution in [0.25, 0.3) is 54.5 Å². The first-order chi connectivity index (χ1) is 11.9. The average molecular weight is 307 g/mol. The zero-order valence-corrected chi connectivity index (χ0v) is 12.8. The molecule has 2 heteroatoms. The molecular weight excluding hydrogens is 294 g/mol. The largest absolute Gasteiger partial charge is 0.453 e. The van der Waals surface area contributed by atoms with Crippen molar-refractivity contribution in [2.75, 3.05) is 0 Å². The average Bonchev–Trinajstić information content (AvgIpc) is 3.20. The molecule has 0 aliphatic heterocycles. The third kappa shape index (κ3) is 1.41. The van der Waals surface area contributed by atoms with E-state index in [1.807, 2.05) is 0 Å². The van der Waals surface area contributed by atoms with Crippen molar-refractivity contribution in [3.8, 4) is 0 Å². The lowest BCUT2D eigenvalue weighted by Crippen LogP contribution is -1.72. The minimum Gasteiger partial charge on any atom is -0.453 e. The fourth-order valence-corrected chi connectivity index (χ4v) is 3.88. The minimum atomic E-state index is 0.940. The molecule has 0 fully saturated rings. The Bertz CT molecular complexity index is 1400. The number of hydrogen-bond donors (Lipinski definition) is 1. The lowest BCUT2D eigenvalue weighted by Gasteiger charge is -1.97. The molecule has 0 aliphatic carbocycles. The van der Waals surface area contributed by atoms with E-state index in [0.29, 0.717) is 0 Å². The van der Waals surface area contributed by atoms with Crippen LogP contribution in [-0.2, 0) is 0 Å². The van der Waals surface area contributed by atoms with Gasteiger partial charge in [-0.2, -0.15) is 0 Å². The highest BCUT2D eigenvalue weighted by atomic mass is 16.3. The van der Waals surface area contributed by atoms with Crippen molar-refractivity contribution in [1.82, 2.24) is 4.98 Å². The first kappa shape index (κ1) is 12.2. The molecule has 0 amide bonds. The van der Waals surface area contributed by atoms with Crippen LogP contribution in [0.4, 0.5) is 0 Å². The van der Waals surface area contributed by atoms with Crippen molar-refractivity contribution < 1.29 is 4.42 Å². The minimum absolute atomic E-state index is 0.940. The Morgan fingerprint density at radius 1 is 0.542 bits per heavy atom. The van der Waals surface area contributed by atoms with Gasteiger partial charge in [0.15, 0.2) is 5.58 Å². The molecule has 0 bridgehead atoms. The van der Waals surface area contributed by atoms with E-state index in [1.54, 1.807) is 0 Å². The summed E-state index contributed by atoms with van der Waals surface area (Å²) in [5.41, 5.74) is 4.13. The summed E-state index contributed by atoms with van der Waals surface area (Å²) in [6.07, 6.45) is 0. The second kappa shape index (κ2) is 4.18. The molecule has 0 radical (unpaired) electrons. The summed E-state index contributed by atoms with van der Waals surface area (Å²) in [6.45, 7) is 0. The van der Waals surface area contributed by atoms with E-state index in [4.69, 9.17) is 4.42 Å². The first-order valence-corrected chi connectivity index (χ1v) is 8.13. The maximum Gasteiger partial charge on any atom is 0.159 e. The van der Waals surface area contributed by atoms with E-state index in [0.717, 1.165) is 33.0 Å². The number of aromatic nitrogens is 1. The maximum absolute atomic E-state index is 6.38. The summed E-state index contributed by atoms with van der Waals surface area (Å²) >= 11 is 0. The molecule has 0 aliphatic rings. The standard InChI is InChI=1S/C22H13NO/c1-2-6-14-13(5-1)9-10-17-18-12-11-16-15-7-3-4-8-19(15)23-20(16)22(18)24-21(14)17/h1-12,23H. The molecule has 0 spiro atoms. The van der Waals surface area contributed by atoms with Crippen molar-refractivity contribution in [2.24, 2.45) is 0 Å². The Labute approximate surface area is 137 Å². The van der Waals surface area contributed by atoms with E-state index >= 15 is 0 Å². The second-order valence-electron chi connectivity index (χ2n) is 6.30. The highest BCUT2D eigenvalue weighted by Crippen LogP contribution is 2.38. The summed E-state index contributed by atoms with van der Waals surface area (Å²) in [5, 5.41) is 7.15. The van der Waals surface area contributed by atoms with Gasteiger partial charge in [0.25, 0.3) is 0 Å². The van der Waals surface area contributed by atoms with Crippen LogP contribution in [0.1, 0.15) is 0 Å². The molecule has 0 unspecified atom stereocenters. The zero-order valence-electron chi connectivity index (χ0n) is 12.8. The molecule has 2 aromatic heterocycles. The number of H-pyrrole nitrogens is 1. The molecular formula is C22H13NO.